The highest BCUT2D eigenvalue weighted by molar-refractivity contribution is 6.29. The number of halogens is 1. The van der Waals surface area contributed by atoms with Crippen molar-refractivity contribution in [1.29, 1.82) is 0 Å². The van der Waals surface area contributed by atoms with Gasteiger partial charge >= 0.3 is 0 Å². The maximum absolute atomic E-state index is 5.84. The highest BCUT2D eigenvalue weighted by atomic mass is 35.5. The quantitative estimate of drug-likeness (QED) is 0.732. The third-order valence-electron chi connectivity index (χ3n) is 3.64. The summed E-state index contributed by atoms with van der Waals surface area (Å²) in [4.78, 5) is 8.01. The molecular formula is C17H16ClN3. The minimum Gasteiger partial charge on any atom is -0.370 e. The molecule has 21 heavy (non-hydrogen) atoms. The van der Waals surface area contributed by atoms with Crippen LogP contribution in [0.5, 0.6) is 0 Å². The van der Waals surface area contributed by atoms with E-state index < -0.39 is 0 Å². The Labute approximate surface area is 129 Å². The van der Waals surface area contributed by atoms with Crippen molar-refractivity contribution < 1.29 is 0 Å². The first kappa shape index (κ1) is 13.8. The number of hydrogen-bond donors (Lipinski definition) is 1. The molecule has 106 valence electrons. The predicted molar refractivity (Wildman–Crippen MR) is 87.9 cm³/mol. The van der Waals surface area contributed by atoms with E-state index in [1.54, 1.807) is 6.07 Å². The van der Waals surface area contributed by atoms with E-state index >= 15 is 0 Å². The summed E-state index contributed by atoms with van der Waals surface area (Å²) in [6.07, 6.45) is 2.41. The summed E-state index contributed by atoms with van der Waals surface area (Å²) in [5.41, 5.74) is 2.69. The second kappa shape index (κ2) is 6.10. The van der Waals surface area contributed by atoms with Gasteiger partial charge in [-0.3, -0.25) is 0 Å². The molecule has 0 spiro atoms. The molecule has 3 rings (SSSR count). The Morgan fingerprint density at radius 1 is 1.10 bits per heavy atom. The van der Waals surface area contributed by atoms with Gasteiger partial charge in [-0.05, 0) is 35.2 Å². The Kier molecular flexibility index (Phi) is 4.02. The van der Waals surface area contributed by atoms with E-state index in [2.05, 4.69) is 58.6 Å². The number of fused-ring (bicyclic) bond motifs is 1. The normalized spacial score (nSPS) is 10.8. The summed E-state index contributed by atoms with van der Waals surface area (Å²) in [6.45, 7) is 2.99. The van der Waals surface area contributed by atoms with Gasteiger partial charge in [-0.15, -0.1) is 0 Å². The Bertz CT molecular complexity index is 771. The van der Waals surface area contributed by atoms with Crippen LogP contribution in [0.1, 0.15) is 11.1 Å². The van der Waals surface area contributed by atoms with E-state index in [1.165, 1.54) is 28.2 Å². The smallest absolute Gasteiger partial charge is 0.134 e. The van der Waals surface area contributed by atoms with Crippen LogP contribution in [0.2, 0.25) is 5.15 Å². The molecule has 0 radical (unpaired) electrons. The minimum absolute atomic E-state index is 0.453. The average Bonchev–Trinajstić information content (AvgIpc) is 2.50. The number of benzene rings is 2. The predicted octanol–water partition coefficient (Wildman–Crippen LogP) is 4.25. The number of aryl methyl sites for hydroxylation is 1. The fourth-order valence-corrected chi connectivity index (χ4v) is 2.65. The van der Waals surface area contributed by atoms with Crippen molar-refractivity contribution in [1.82, 2.24) is 9.97 Å². The maximum Gasteiger partial charge on any atom is 0.134 e. The monoisotopic (exact) mass is 297 g/mol. The van der Waals surface area contributed by atoms with Crippen LogP contribution in [0.3, 0.4) is 0 Å². The fraction of sp³-hybridized carbons (Fsp3) is 0.176. The number of nitrogens with zero attached hydrogens (tertiary/aromatic N) is 2. The van der Waals surface area contributed by atoms with Crippen molar-refractivity contribution in [2.75, 3.05) is 11.9 Å². The lowest BCUT2D eigenvalue weighted by Gasteiger charge is -2.10. The minimum atomic E-state index is 0.453. The number of anilines is 1. The summed E-state index contributed by atoms with van der Waals surface area (Å²) >= 11 is 5.84. The zero-order valence-corrected chi connectivity index (χ0v) is 12.6. The summed E-state index contributed by atoms with van der Waals surface area (Å²) in [5, 5.41) is 6.33. The summed E-state index contributed by atoms with van der Waals surface area (Å²) < 4.78 is 0. The molecule has 0 amide bonds. The van der Waals surface area contributed by atoms with Gasteiger partial charge in [-0.2, -0.15) is 0 Å². The Morgan fingerprint density at radius 3 is 2.81 bits per heavy atom. The highest BCUT2D eigenvalue weighted by Gasteiger charge is 2.03. The van der Waals surface area contributed by atoms with Crippen molar-refractivity contribution in [3.63, 3.8) is 0 Å². The van der Waals surface area contributed by atoms with Crippen molar-refractivity contribution in [3.8, 4) is 0 Å². The average molecular weight is 298 g/mol. The van der Waals surface area contributed by atoms with Crippen molar-refractivity contribution in [2.45, 2.75) is 13.3 Å². The molecule has 2 aromatic carbocycles. The molecule has 0 bridgehead atoms. The summed E-state index contributed by atoms with van der Waals surface area (Å²) in [7, 11) is 0. The van der Waals surface area contributed by atoms with E-state index in [0.29, 0.717) is 5.15 Å². The van der Waals surface area contributed by atoms with Gasteiger partial charge < -0.3 is 5.32 Å². The van der Waals surface area contributed by atoms with Gasteiger partial charge in [0.15, 0.2) is 0 Å². The lowest BCUT2D eigenvalue weighted by molar-refractivity contribution is 0.991. The van der Waals surface area contributed by atoms with Crippen LogP contribution in [0.4, 0.5) is 5.82 Å². The zero-order valence-electron chi connectivity index (χ0n) is 11.8. The van der Waals surface area contributed by atoms with Gasteiger partial charge in [-0.25, -0.2) is 9.97 Å². The molecule has 0 aliphatic carbocycles. The second-order valence-corrected chi connectivity index (χ2v) is 5.36. The molecule has 1 N–H and O–H groups in total. The van der Waals surface area contributed by atoms with Gasteiger partial charge in [0.25, 0.3) is 0 Å². The maximum atomic E-state index is 5.84. The van der Waals surface area contributed by atoms with Crippen LogP contribution in [0.15, 0.2) is 48.8 Å². The third-order valence-corrected chi connectivity index (χ3v) is 3.85. The van der Waals surface area contributed by atoms with Gasteiger partial charge in [0, 0.05) is 12.6 Å². The van der Waals surface area contributed by atoms with Gasteiger partial charge in [0.1, 0.15) is 17.3 Å². The zero-order chi connectivity index (χ0) is 14.7. The third kappa shape index (κ3) is 3.14. The summed E-state index contributed by atoms with van der Waals surface area (Å²) in [6, 6.07) is 14.6. The van der Waals surface area contributed by atoms with Crippen LogP contribution < -0.4 is 5.32 Å². The highest BCUT2D eigenvalue weighted by Crippen LogP contribution is 2.22. The lowest BCUT2D eigenvalue weighted by Crippen LogP contribution is -2.07. The van der Waals surface area contributed by atoms with E-state index in [0.717, 1.165) is 18.8 Å². The van der Waals surface area contributed by atoms with Crippen molar-refractivity contribution >= 4 is 28.2 Å². The first-order valence-corrected chi connectivity index (χ1v) is 7.30. The molecule has 0 atom stereocenters. The van der Waals surface area contributed by atoms with Gasteiger partial charge in [-0.1, -0.05) is 48.0 Å². The van der Waals surface area contributed by atoms with Gasteiger partial charge in [0.2, 0.25) is 0 Å². The standard InChI is InChI=1S/C17H16ClN3/c1-12-13(6-7-14-4-2-3-5-15(12)14)8-9-19-17-10-16(18)20-11-21-17/h2-7,10-11H,8-9H2,1H3,(H,19,20,21). The molecule has 1 heterocycles. The molecular weight excluding hydrogens is 282 g/mol. The van der Waals surface area contributed by atoms with Gasteiger partial charge in [0.05, 0.1) is 0 Å². The van der Waals surface area contributed by atoms with E-state index in [9.17, 15) is 0 Å². The topological polar surface area (TPSA) is 37.8 Å². The van der Waals surface area contributed by atoms with E-state index in [-0.39, 0.29) is 0 Å². The first-order chi connectivity index (χ1) is 10.2. The fourth-order valence-electron chi connectivity index (χ4n) is 2.50. The molecule has 3 nitrogen and oxygen atoms in total. The SMILES string of the molecule is Cc1c(CCNc2cc(Cl)ncn2)ccc2ccccc12. The van der Waals surface area contributed by atoms with E-state index in [4.69, 9.17) is 11.6 Å². The first-order valence-electron chi connectivity index (χ1n) is 6.93. The Hall–Kier alpha value is -2.13. The Morgan fingerprint density at radius 2 is 1.95 bits per heavy atom. The van der Waals surface area contributed by atoms with Crippen molar-refractivity contribution in [2.24, 2.45) is 0 Å². The van der Waals surface area contributed by atoms with Crippen LogP contribution in [0.25, 0.3) is 10.8 Å². The van der Waals surface area contributed by atoms with Crippen LogP contribution in [-0.4, -0.2) is 16.5 Å². The second-order valence-electron chi connectivity index (χ2n) is 4.97. The van der Waals surface area contributed by atoms with E-state index in [1.807, 2.05) is 0 Å². The lowest BCUT2D eigenvalue weighted by atomic mass is 9.98. The summed E-state index contributed by atoms with van der Waals surface area (Å²) in [5.74, 6) is 0.758. The number of aromatic nitrogens is 2. The molecule has 0 unspecified atom stereocenters. The molecule has 0 aliphatic rings. The number of rotatable bonds is 4. The Balaban J connectivity index is 1.72. The molecule has 3 aromatic rings. The molecule has 0 saturated heterocycles. The molecule has 0 fully saturated rings. The van der Waals surface area contributed by atoms with Crippen molar-refractivity contribution in [3.05, 3.63) is 65.1 Å². The van der Waals surface area contributed by atoms with Crippen LogP contribution in [0, 0.1) is 6.92 Å². The molecule has 0 saturated carbocycles. The molecule has 0 aliphatic heterocycles. The largest absolute Gasteiger partial charge is 0.370 e. The number of hydrogen-bond acceptors (Lipinski definition) is 3. The molecule has 4 heteroatoms. The van der Waals surface area contributed by atoms with Crippen LogP contribution >= 0.6 is 11.6 Å². The number of nitrogens with one attached hydrogen (secondary N) is 1. The molecule has 1 aromatic heterocycles. The van der Waals surface area contributed by atoms with Crippen LogP contribution in [-0.2, 0) is 6.42 Å².